The second-order valence-electron chi connectivity index (χ2n) is 5.60. The van der Waals surface area contributed by atoms with Gasteiger partial charge in [-0.3, -0.25) is 0 Å². The van der Waals surface area contributed by atoms with Gasteiger partial charge in [-0.05, 0) is 17.7 Å². The summed E-state index contributed by atoms with van der Waals surface area (Å²) < 4.78 is 13.0. The zero-order valence-corrected chi connectivity index (χ0v) is 12.4. The van der Waals surface area contributed by atoms with E-state index >= 15 is 0 Å². The zero-order valence-electron chi connectivity index (χ0n) is 11.6. The van der Waals surface area contributed by atoms with Crippen LogP contribution in [0.5, 0.6) is 0 Å². The van der Waals surface area contributed by atoms with Crippen LogP contribution in [-0.4, -0.2) is 15.0 Å². The molecule has 2 rings (SSSR count). The number of anilines is 1. The van der Waals surface area contributed by atoms with E-state index in [9.17, 15) is 4.39 Å². The summed E-state index contributed by atoms with van der Waals surface area (Å²) in [4.78, 5) is 12.7. The van der Waals surface area contributed by atoms with Gasteiger partial charge in [0, 0.05) is 16.9 Å². The van der Waals surface area contributed by atoms with E-state index in [1.807, 2.05) is 20.8 Å². The lowest BCUT2D eigenvalue weighted by molar-refractivity contribution is 0.538. The molecule has 0 saturated carbocycles. The van der Waals surface area contributed by atoms with E-state index < -0.39 is 0 Å². The second kappa shape index (κ2) is 5.32. The maximum atomic E-state index is 13.0. The summed E-state index contributed by atoms with van der Waals surface area (Å²) >= 11 is 6.01. The van der Waals surface area contributed by atoms with Gasteiger partial charge in [-0.25, -0.2) is 9.37 Å². The third-order valence-electron chi connectivity index (χ3n) is 2.73. The number of nitrogens with two attached hydrogens (primary N) is 1. The molecule has 0 aliphatic carbocycles. The molecule has 4 nitrogen and oxygen atoms in total. The SMILES string of the molecule is CC(C)(C)c1nc(N)nc(Cc2ccc(F)cc2Cl)n1. The molecule has 0 radical (unpaired) electrons. The van der Waals surface area contributed by atoms with Crippen LogP contribution in [0.3, 0.4) is 0 Å². The standard InChI is InChI=1S/C14H16ClFN4/c1-14(2,3)12-18-11(19-13(17)20-12)6-8-4-5-9(16)7-10(8)15/h4-5,7H,6H2,1-3H3,(H2,17,18,19,20). The molecule has 0 atom stereocenters. The van der Waals surface area contributed by atoms with Crippen molar-refractivity contribution in [2.24, 2.45) is 0 Å². The highest BCUT2D eigenvalue weighted by atomic mass is 35.5. The molecule has 0 aliphatic heterocycles. The third kappa shape index (κ3) is 3.42. The van der Waals surface area contributed by atoms with E-state index in [4.69, 9.17) is 17.3 Å². The van der Waals surface area contributed by atoms with Gasteiger partial charge in [-0.2, -0.15) is 9.97 Å². The van der Waals surface area contributed by atoms with E-state index in [0.29, 0.717) is 23.1 Å². The topological polar surface area (TPSA) is 64.7 Å². The highest BCUT2D eigenvalue weighted by molar-refractivity contribution is 6.31. The van der Waals surface area contributed by atoms with Crippen molar-refractivity contribution in [3.8, 4) is 0 Å². The molecule has 0 spiro atoms. The number of hydrogen-bond donors (Lipinski definition) is 1. The first-order chi connectivity index (χ1) is 9.25. The monoisotopic (exact) mass is 294 g/mol. The Hall–Kier alpha value is -1.75. The normalized spacial score (nSPS) is 11.7. The number of aromatic nitrogens is 3. The average molecular weight is 295 g/mol. The van der Waals surface area contributed by atoms with Crippen molar-refractivity contribution < 1.29 is 4.39 Å². The fraction of sp³-hybridized carbons (Fsp3) is 0.357. The minimum atomic E-state index is -0.371. The Bertz CT molecular complexity index is 638. The molecule has 1 aromatic heterocycles. The molecule has 1 aromatic carbocycles. The van der Waals surface area contributed by atoms with Crippen LogP contribution in [0.4, 0.5) is 10.3 Å². The Morgan fingerprint density at radius 2 is 1.90 bits per heavy atom. The van der Waals surface area contributed by atoms with Crippen molar-refractivity contribution >= 4 is 17.5 Å². The molecule has 1 heterocycles. The van der Waals surface area contributed by atoms with Crippen LogP contribution in [0.25, 0.3) is 0 Å². The van der Waals surface area contributed by atoms with Crippen LogP contribution in [0.1, 0.15) is 38.0 Å². The lowest BCUT2D eigenvalue weighted by atomic mass is 9.96. The van der Waals surface area contributed by atoms with E-state index in [0.717, 1.165) is 5.56 Å². The van der Waals surface area contributed by atoms with Gasteiger partial charge in [0.2, 0.25) is 5.95 Å². The van der Waals surface area contributed by atoms with E-state index in [2.05, 4.69) is 15.0 Å². The van der Waals surface area contributed by atoms with Gasteiger partial charge in [-0.1, -0.05) is 38.4 Å². The molecule has 0 unspecified atom stereocenters. The summed E-state index contributed by atoms with van der Waals surface area (Å²) in [6, 6.07) is 4.25. The zero-order chi connectivity index (χ0) is 14.9. The third-order valence-corrected chi connectivity index (χ3v) is 3.09. The molecule has 2 N–H and O–H groups in total. The molecule has 0 amide bonds. The smallest absolute Gasteiger partial charge is 0.223 e. The van der Waals surface area contributed by atoms with Gasteiger partial charge >= 0.3 is 0 Å². The van der Waals surface area contributed by atoms with Crippen LogP contribution >= 0.6 is 11.6 Å². The van der Waals surface area contributed by atoms with Crippen molar-refractivity contribution in [3.63, 3.8) is 0 Å². The van der Waals surface area contributed by atoms with Crippen LogP contribution in [-0.2, 0) is 11.8 Å². The van der Waals surface area contributed by atoms with Crippen LogP contribution in [0.15, 0.2) is 18.2 Å². The molecule has 0 aliphatic rings. The summed E-state index contributed by atoms with van der Waals surface area (Å²) in [5.41, 5.74) is 6.24. The first-order valence-electron chi connectivity index (χ1n) is 6.20. The van der Waals surface area contributed by atoms with Gasteiger partial charge in [0.25, 0.3) is 0 Å². The van der Waals surface area contributed by atoms with Crippen molar-refractivity contribution in [1.82, 2.24) is 15.0 Å². The fourth-order valence-corrected chi connectivity index (χ4v) is 1.92. The Morgan fingerprint density at radius 3 is 2.50 bits per heavy atom. The molecule has 106 valence electrons. The number of nitrogen functional groups attached to an aromatic ring is 1. The summed E-state index contributed by atoms with van der Waals surface area (Å²) in [6.45, 7) is 5.99. The van der Waals surface area contributed by atoms with Crippen molar-refractivity contribution in [2.45, 2.75) is 32.6 Å². The first kappa shape index (κ1) is 14.7. The fourth-order valence-electron chi connectivity index (χ4n) is 1.69. The molecule has 20 heavy (non-hydrogen) atoms. The average Bonchev–Trinajstić information content (AvgIpc) is 2.31. The number of rotatable bonds is 2. The molecular formula is C14H16ClFN4. The van der Waals surface area contributed by atoms with Crippen molar-refractivity contribution in [2.75, 3.05) is 5.73 Å². The summed E-state index contributed by atoms with van der Waals surface area (Å²) in [5.74, 6) is 0.955. The number of hydrogen-bond acceptors (Lipinski definition) is 4. The Kier molecular flexibility index (Phi) is 3.90. The van der Waals surface area contributed by atoms with Crippen LogP contribution in [0.2, 0.25) is 5.02 Å². The predicted molar refractivity (Wildman–Crippen MR) is 77.2 cm³/mol. The Morgan fingerprint density at radius 1 is 1.20 bits per heavy atom. The van der Waals surface area contributed by atoms with E-state index in [-0.39, 0.29) is 17.2 Å². The van der Waals surface area contributed by atoms with Gasteiger partial charge in [-0.15, -0.1) is 0 Å². The second-order valence-corrected chi connectivity index (χ2v) is 6.00. The molecule has 0 bridgehead atoms. The Labute approximate surface area is 122 Å². The highest BCUT2D eigenvalue weighted by Gasteiger charge is 2.19. The quantitative estimate of drug-likeness (QED) is 0.924. The van der Waals surface area contributed by atoms with E-state index in [1.165, 1.54) is 12.1 Å². The minimum Gasteiger partial charge on any atom is -0.368 e. The maximum absolute atomic E-state index is 13.0. The largest absolute Gasteiger partial charge is 0.368 e. The van der Waals surface area contributed by atoms with Crippen molar-refractivity contribution in [1.29, 1.82) is 0 Å². The first-order valence-corrected chi connectivity index (χ1v) is 6.58. The lowest BCUT2D eigenvalue weighted by Gasteiger charge is -2.17. The highest BCUT2D eigenvalue weighted by Crippen LogP contribution is 2.22. The molecular weight excluding hydrogens is 279 g/mol. The van der Waals surface area contributed by atoms with Crippen LogP contribution < -0.4 is 5.73 Å². The van der Waals surface area contributed by atoms with E-state index in [1.54, 1.807) is 6.07 Å². The summed E-state index contributed by atoms with van der Waals surface area (Å²) in [5, 5.41) is 0.348. The number of halogens is 2. The number of benzene rings is 1. The van der Waals surface area contributed by atoms with Crippen LogP contribution in [0, 0.1) is 5.82 Å². The molecule has 6 heteroatoms. The lowest BCUT2D eigenvalue weighted by Crippen LogP contribution is -2.19. The maximum Gasteiger partial charge on any atom is 0.223 e. The molecule has 0 fully saturated rings. The minimum absolute atomic E-state index is 0.179. The molecule has 2 aromatic rings. The van der Waals surface area contributed by atoms with Crippen molar-refractivity contribution in [3.05, 3.63) is 46.3 Å². The number of nitrogens with zero attached hydrogens (tertiary/aromatic N) is 3. The Balaban J connectivity index is 2.36. The predicted octanol–water partition coefficient (Wildman–Crippen LogP) is 3.13. The summed E-state index contributed by atoms with van der Waals surface area (Å²) in [7, 11) is 0. The van der Waals surface area contributed by atoms with Gasteiger partial charge in [0.05, 0.1) is 0 Å². The van der Waals surface area contributed by atoms with Gasteiger partial charge in [0.15, 0.2) is 0 Å². The summed E-state index contributed by atoms with van der Waals surface area (Å²) in [6.07, 6.45) is 0.384. The van der Waals surface area contributed by atoms with Gasteiger partial charge < -0.3 is 5.73 Å². The molecule has 0 saturated heterocycles. The van der Waals surface area contributed by atoms with Gasteiger partial charge in [0.1, 0.15) is 17.5 Å².